The van der Waals surface area contributed by atoms with Gasteiger partial charge in [-0.1, -0.05) is 12.2 Å². The molecular weight excluding hydrogens is 324 g/mol. The van der Waals surface area contributed by atoms with E-state index in [1.165, 1.54) is 0 Å². The van der Waals surface area contributed by atoms with Gasteiger partial charge in [0, 0.05) is 12.4 Å². The molecule has 1 aliphatic rings. The van der Waals surface area contributed by atoms with Gasteiger partial charge in [0.1, 0.15) is 11.5 Å². The van der Waals surface area contributed by atoms with E-state index in [-0.39, 0.29) is 12.1 Å². The average molecular weight is 348 g/mol. The molecule has 0 fully saturated rings. The van der Waals surface area contributed by atoms with Gasteiger partial charge in [0.2, 0.25) is 0 Å². The Morgan fingerprint density at radius 1 is 0.808 bits per heavy atom. The fourth-order valence-corrected chi connectivity index (χ4v) is 2.85. The molecule has 0 amide bonds. The van der Waals surface area contributed by atoms with Crippen LogP contribution in [-0.4, -0.2) is 38.7 Å². The summed E-state index contributed by atoms with van der Waals surface area (Å²) in [6.45, 7) is 0. The highest BCUT2D eigenvalue weighted by Crippen LogP contribution is 2.19. The first-order valence-electron chi connectivity index (χ1n) is 8.79. The minimum atomic E-state index is 0.0698. The number of hydrogen-bond acceptors (Lipinski definition) is 4. The first-order valence-corrected chi connectivity index (χ1v) is 8.79. The van der Waals surface area contributed by atoms with Crippen LogP contribution >= 0.6 is 0 Å². The molecule has 1 aliphatic carbocycles. The topological polar surface area (TPSA) is 43.2 Å². The largest absolute Gasteiger partial charge is 0.497 e. The van der Waals surface area contributed by atoms with Crippen molar-refractivity contribution in [1.82, 2.24) is 0 Å². The van der Waals surface area contributed by atoms with Crippen LogP contribution in [-0.2, 0) is 0 Å². The number of benzene rings is 2. The number of allylic oxidation sites excluding steroid dienone is 1. The van der Waals surface area contributed by atoms with E-state index in [9.17, 15) is 0 Å². The van der Waals surface area contributed by atoms with E-state index in [0.717, 1.165) is 35.5 Å². The summed E-state index contributed by atoms with van der Waals surface area (Å²) >= 11 is 0. The monoisotopic (exact) mass is 348 g/mol. The normalized spacial score (nSPS) is 19.9. The van der Waals surface area contributed by atoms with Crippen molar-refractivity contribution < 1.29 is 9.47 Å². The zero-order valence-electron chi connectivity index (χ0n) is 15.2. The molecule has 0 saturated carbocycles. The fourth-order valence-electron chi connectivity index (χ4n) is 2.85. The maximum absolute atomic E-state index is 5.19. The summed E-state index contributed by atoms with van der Waals surface area (Å²) in [4.78, 5) is 9.52. The second kappa shape index (κ2) is 8.99. The van der Waals surface area contributed by atoms with E-state index in [4.69, 9.17) is 19.5 Å². The van der Waals surface area contributed by atoms with Gasteiger partial charge in [-0.25, -0.2) is 0 Å². The molecule has 0 N–H and O–H groups in total. The highest BCUT2D eigenvalue weighted by Gasteiger charge is 2.19. The Hall–Kier alpha value is -2.88. The second-order valence-corrected chi connectivity index (χ2v) is 6.17. The molecule has 26 heavy (non-hydrogen) atoms. The molecule has 1 unspecified atom stereocenters. The van der Waals surface area contributed by atoms with Crippen LogP contribution in [0.15, 0.2) is 70.7 Å². The summed E-state index contributed by atoms with van der Waals surface area (Å²) in [5.74, 6) is 1.70. The standard InChI is InChI=1S/C22H24N2O2/c1-25-19-11-7-17(8-12-19)15-23-21-5-3-4-6-22(21)24-16-18-9-13-20(26-2)14-10-18/h3,5,7-16,21-22H,4,6H2,1-2H3/t21?,22-/m1/s1. The Labute approximate surface area is 154 Å². The zero-order chi connectivity index (χ0) is 18.2. The Kier molecular flexibility index (Phi) is 6.20. The molecule has 2 aromatic carbocycles. The quantitative estimate of drug-likeness (QED) is 0.576. The maximum atomic E-state index is 5.19. The summed E-state index contributed by atoms with van der Waals surface area (Å²) in [6, 6.07) is 16.0. The van der Waals surface area contributed by atoms with Crippen molar-refractivity contribution in [2.75, 3.05) is 14.2 Å². The van der Waals surface area contributed by atoms with Gasteiger partial charge in [-0.2, -0.15) is 0 Å². The van der Waals surface area contributed by atoms with Gasteiger partial charge >= 0.3 is 0 Å². The molecule has 4 nitrogen and oxygen atoms in total. The Morgan fingerprint density at radius 3 is 1.88 bits per heavy atom. The highest BCUT2D eigenvalue weighted by atomic mass is 16.5. The van der Waals surface area contributed by atoms with Gasteiger partial charge in [0.25, 0.3) is 0 Å². The Bertz CT molecular complexity index is 777. The summed E-state index contributed by atoms with van der Waals surface area (Å²) < 4.78 is 10.4. The molecule has 0 radical (unpaired) electrons. The van der Waals surface area contributed by atoms with Crippen LogP contribution in [0.1, 0.15) is 24.0 Å². The van der Waals surface area contributed by atoms with E-state index in [1.54, 1.807) is 14.2 Å². The lowest BCUT2D eigenvalue weighted by atomic mass is 9.97. The molecule has 3 rings (SSSR count). The van der Waals surface area contributed by atoms with Crippen molar-refractivity contribution in [2.24, 2.45) is 9.98 Å². The predicted octanol–water partition coefficient (Wildman–Crippen LogP) is 4.33. The Balaban J connectivity index is 1.68. The summed E-state index contributed by atoms with van der Waals surface area (Å²) in [5, 5.41) is 0. The number of nitrogens with zero attached hydrogens (tertiary/aromatic N) is 2. The van der Waals surface area contributed by atoms with Crippen molar-refractivity contribution in [1.29, 1.82) is 0 Å². The van der Waals surface area contributed by atoms with Gasteiger partial charge in [0.15, 0.2) is 0 Å². The first-order chi connectivity index (χ1) is 12.8. The molecule has 0 aliphatic heterocycles. The van der Waals surface area contributed by atoms with Crippen molar-refractivity contribution in [3.05, 3.63) is 71.8 Å². The number of ether oxygens (including phenoxy) is 2. The van der Waals surface area contributed by atoms with Crippen molar-refractivity contribution in [2.45, 2.75) is 24.9 Å². The van der Waals surface area contributed by atoms with Crippen molar-refractivity contribution in [3.8, 4) is 11.5 Å². The number of methoxy groups -OCH3 is 2. The van der Waals surface area contributed by atoms with Crippen LogP contribution in [0.4, 0.5) is 0 Å². The minimum Gasteiger partial charge on any atom is -0.497 e. The molecule has 0 spiro atoms. The van der Waals surface area contributed by atoms with Crippen molar-refractivity contribution >= 4 is 12.4 Å². The summed E-state index contributed by atoms with van der Waals surface area (Å²) in [6.07, 6.45) is 10.2. The third-order valence-electron chi connectivity index (χ3n) is 4.40. The van der Waals surface area contributed by atoms with Gasteiger partial charge in [-0.05, 0) is 72.5 Å². The lowest BCUT2D eigenvalue weighted by Gasteiger charge is -2.21. The Morgan fingerprint density at radius 2 is 1.35 bits per heavy atom. The van der Waals surface area contributed by atoms with Crippen LogP contribution in [0, 0.1) is 0 Å². The fraction of sp³-hybridized carbons (Fsp3) is 0.273. The van der Waals surface area contributed by atoms with Crippen LogP contribution in [0.3, 0.4) is 0 Å². The van der Waals surface area contributed by atoms with E-state index >= 15 is 0 Å². The van der Waals surface area contributed by atoms with Crippen LogP contribution in [0.2, 0.25) is 0 Å². The summed E-state index contributed by atoms with van der Waals surface area (Å²) in [5.41, 5.74) is 2.13. The smallest absolute Gasteiger partial charge is 0.118 e. The first kappa shape index (κ1) is 17.9. The number of hydrogen-bond donors (Lipinski definition) is 0. The molecule has 0 bridgehead atoms. The highest BCUT2D eigenvalue weighted by molar-refractivity contribution is 5.81. The van der Waals surface area contributed by atoms with E-state index in [0.29, 0.717) is 0 Å². The van der Waals surface area contributed by atoms with E-state index in [2.05, 4.69) is 12.2 Å². The molecule has 2 atom stereocenters. The molecular formula is C22H24N2O2. The molecule has 134 valence electrons. The maximum Gasteiger partial charge on any atom is 0.118 e. The van der Waals surface area contributed by atoms with E-state index < -0.39 is 0 Å². The molecule has 2 aromatic rings. The van der Waals surface area contributed by atoms with E-state index in [1.807, 2.05) is 61.0 Å². The molecule has 0 heterocycles. The third kappa shape index (κ3) is 4.82. The van der Waals surface area contributed by atoms with Crippen LogP contribution in [0.25, 0.3) is 0 Å². The van der Waals surface area contributed by atoms with Gasteiger partial charge in [-0.15, -0.1) is 0 Å². The average Bonchev–Trinajstić information content (AvgIpc) is 2.72. The van der Waals surface area contributed by atoms with Crippen LogP contribution < -0.4 is 9.47 Å². The van der Waals surface area contributed by atoms with Crippen LogP contribution in [0.5, 0.6) is 11.5 Å². The third-order valence-corrected chi connectivity index (χ3v) is 4.40. The molecule has 4 heteroatoms. The van der Waals surface area contributed by atoms with Crippen molar-refractivity contribution in [3.63, 3.8) is 0 Å². The second-order valence-electron chi connectivity index (χ2n) is 6.17. The van der Waals surface area contributed by atoms with Gasteiger partial charge in [0.05, 0.1) is 26.3 Å². The molecule has 0 aromatic heterocycles. The lowest BCUT2D eigenvalue weighted by molar-refractivity contribution is 0.414. The minimum absolute atomic E-state index is 0.0698. The number of rotatable bonds is 6. The summed E-state index contributed by atoms with van der Waals surface area (Å²) in [7, 11) is 3.34. The predicted molar refractivity (Wildman–Crippen MR) is 107 cm³/mol. The zero-order valence-corrected chi connectivity index (χ0v) is 15.2. The SMILES string of the molecule is COc1ccc(C=NC2C=CCC[C@H]2N=Cc2ccc(OC)cc2)cc1. The molecule has 0 saturated heterocycles. The number of aliphatic imine (C=N–C) groups is 2. The lowest BCUT2D eigenvalue weighted by Crippen LogP contribution is -2.23. The van der Waals surface area contributed by atoms with Gasteiger partial charge < -0.3 is 9.47 Å². The van der Waals surface area contributed by atoms with Gasteiger partial charge in [-0.3, -0.25) is 9.98 Å².